The highest BCUT2D eigenvalue weighted by molar-refractivity contribution is 5.83. The molecular weight excluding hydrogens is 204 g/mol. The molecule has 1 fully saturated rings. The number of hydrogen-bond donors (Lipinski definition) is 2. The van der Waals surface area contributed by atoms with Crippen molar-refractivity contribution in [3.63, 3.8) is 0 Å². The molecule has 0 aromatic carbocycles. The Hall–Kier alpha value is -0.610. The number of rotatable bonds is 3. The van der Waals surface area contributed by atoms with Crippen LogP contribution in [0, 0.1) is 5.41 Å². The zero-order valence-corrected chi connectivity index (χ0v) is 10.8. The van der Waals surface area contributed by atoms with E-state index < -0.39 is 11.6 Å². The Balaban J connectivity index is 2.49. The van der Waals surface area contributed by atoms with Crippen molar-refractivity contribution < 1.29 is 9.90 Å². The molecule has 0 saturated carbocycles. The van der Waals surface area contributed by atoms with Crippen LogP contribution in [-0.2, 0) is 4.79 Å². The Morgan fingerprint density at radius 3 is 2.38 bits per heavy atom. The summed E-state index contributed by atoms with van der Waals surface area (Å²) in [5.74, 6) is -0.0479. The van der Waals surface area contributed by atoms with E-state index in [-0.39, 0.29) is 11.3 Å². The van der Waals surface area contributed by atoms with Gasteiger partial charge in [0.25, 0.3) is 0 Å². The summed E-state index contributed by atoms with van der Waals surface area (Å²) in [5, 5.41) is 9.98. The summed E-state index contributed by atoms with van der Waals surface area (Å²) in [7, 11) is 0. The van der Waals surface area contributed by atoms with E-state index in [1.807, 2.05) is 27.7 Å². The van der Waals surface area contributed by atoms with Crippen LogP contribution in [0.15, 0.2) is 0 Å². The molecule has 0 aromatic heterocycles. The van der Waals surface area contributed by atoms with Crippen LogP contribution in [-0.4, -0.2) is 40.6 Å². The predicted molar refractivity (Wildman–Crippen MR) is 63.9 cm³/mol. The van der Waals surface area contributed by atoms with Crippen molar-refractivity contribution in [1.82, 2.24) is 4.90 Å². The van der Waals surface area contributed by atoms with Crippen molar-refractivity contribution in [3.8, 4) is 0 Å². The summed E-state index contributed by atoms with van der Waals surface area (Å²) in [4.78, 5) is 13.6. The Labute approximate surface area is 97.8 Å². The lowest BCUT2D eigenvalue weighted by Gasteiger charge is -2.48. The van der Waals surface area contributed by atoms with E-state index in [4.69, 9.17) is 5.73 Å². The van der Waals surface area contributed by atoms with E-state index in [1.165, 1.54) is 0 Å². The highest BCUT2D eigenvalue weighted by Crippen LogP contribution is 2.28. The van der Waals surface area contributed by atoms with E-state index in [9.17, 15) is 9.90 Å². The lowest BCUT2D eigenvalue weighted by Crippen LogP contribution is -2.67. The number of nitrogens with zero attached hydrogens (tertiary/aromatic N) is 1. The maximum absolute atomic E-state index is 12.0. The Bertz CT molecular complexity index is 265. The SMILES string of the molecule is CCCC1(O)CN(C(=O)[C@H](N)C(C)(C)C)C1. The smallest absolute Gasteiger partial charge is 0.240 e. The number of nitrogens with two attached hydrogens (primary N) is 1. The molecule has 1 heterocycles. The molecule has 0 unspecified atom stereocenters. The second-order valence-electron chi connectivity index (χ2n) is 6.01. The number of likely N-dealkylation sites (tertiary alicyclic amines) is 1. The molecule has 1 amide bonds. The van der Waals surface area contributed by atoms with Gasteiger partial charge in [0.15, 0.2) is 0 Å². The molecule has 1 aliphatic rings. The molecule has 0 radical (unpaired) electrons. The predicted octanol–water partition coefficient (Wildman–Crippen LogP) is 0.733. The Morgan fingerprint density at radius 2 is 2.00 bits per heavy atom. The van der Waals surface area contributed by atoms with E-state index in [0.717, 1.165) is 12.8 Å². The van der Waals surface area contributed by atoms with Gasteiger partial charge in [-0.25, -0.2) is 0 Å². The minimum Gasteiger partial charge on any atom is -0.386 e. The molecule has 0 spiro atoms. The standard InChI is InChI=1S/C12H24N2O2/c1-5-6-12(16)7-14(8-12)10(15)9(13)11(2,3)4/h9,16H,5-8,13H2,1-4H3/t9-/m0/s1. The average molecular weight is 228 g/mol. The van der Waals surface area contributed by atoms with Gasteiger partial charge in [0.2, 0.25) is 5.91 Å². The molecule has 4 nitrogen and oxygen atoms in total. The number of hydrogen-bond acceptors (Lipinski definition) is 3. The summed E-state index contributed by atoms with van der Waals surface area (Å²) in [5.41, 5.74) is 5.00. The highest BCUT2D eigenvalue weighted by atomic mass is 16.3. The molecule has 1 rings (SSSR count). The van der Waals surface area contributed by atoms with Crippen LogP contribution in [0.4, 0.5) is 0 Å². The van der Waals surface area contributed by atoms with Crippen LogP contribution >= 0.6 is 0 Å². The zero-order valence-electron chi connectivity index (χ0n) is 10.8. The van der Waals surface area contributed by atoms with Crippen molar-refractivity contribution in [3.05, 3.63) is 0 Å². The van der Waals surface area contributed by atoms with Gasteiger partial charge in [-0.05, 0) is 11.8 Å². The second kappa shape index (κ2) is 4.34. The minimum atomic E-state index is -0.665. The second-order valence-corrected chi connectivity index (χ2v) is 6.01. The van der Waals surface area contributed by atoms with Crippen LogP contribution in [0.25, 0.3) is 0 Å². The minimum absolute atomic E-state index is 0.0479. The first kappa shape index (κ1) is 13.5. The topological polar surface area (TPSA) is 66.6 Å². The van der Waals surface area contributed by atoms with E-state index in [0.29, 0.717) is 13.1 Å². The van der Waals surface area contributed by atoms with Gasteiger partial charge in [-0.15, -0.1) is 0 Å². The fourth-order valence-electron chi connectivity index (χ4n) is 2.01. The van der Waals surface area contributed by atoms with Crippen molar-refractivity contribution >= 4 is 5.91 Å². The first-order chi connectivity index (χ1) is 7.19. The van der Waals surface area contributed by atoms with Gasteiger partial charge in [0, 0.05) is 0 Å². The van der Waals surface area contributed by atoms with Crippen LogP contribution in [0.3, 0.4) is 0 Å². The molecule has 1 saturated heterocycles. The third kappa shape index (κ3) is 2.74. The molecule has 3 N–H and O–H groups in total. The molecule has 1 aliphatic heterocycles. The Kier molecular flexibility index (Phi) is 3.65. The van der Waals surface area contributed by atoms with Crippen LogP contribution in [0.2, 0.25) is 0 Å². The van der Waals surface area contributed by atoms with E-state index >= 15 is 0 Å². The summed E-state index contributed by atoms with van der Waals surface area (Å²) in [6, 6.07) is -0.487. The number of aliphatic hydroxyl groups is 1. The number of β-amino-alcohol motifs (C(OH)–C–C–N with tert-alkyl or cyclic N) is 1. The quantitative estimate of drug-likeness (QED) is 0.748. The van der Waals surface area contributed by atoms with Crippen LogP contribution in [0.5, 0.6) is 0 Å². The summed E-state index contributed by atoms with van der Waals surface area (Å²) >= 11 is 0. The first-order valence-electron chi connectivity index (χ1n) is 5.96. The van der Waals surface area contributed by atoms with E-state index in [1.54, 1.807) is 4.90 Å². The maximum atomic E-state index is 12.0. The molecular formula is C12H24N2O2. The normalized spacial score (nSPS) is 21.5. The molecule has 16 heavy (non-hydrogen) atoms. The largest absolute Gasteiger partial charge is 0.386 e. The average Bonchev–Trinajstić information content (AvgIpc) is 2.10. The lowest BCUT2D eigenvalue weighted by atomic mass is 9.83. The van der Waals surface area contributed by atoms with Gasteiger partial charge < -0.3 is 15.7 Å². The van der Waals surface area contributed by atoms with Gasteiger partial charge >= 0.3 is 0 Å². The van der Waals surface area contributed by atoms with Crippen LogP contribution < -0.4 is 5.73 Å². The molecule has 1 atom stereocenters. The number of carbonyl (C=O) groups excluding carboxylic acids is 1. The Morgan fingerprint density at radius 1 is 1.50 bits per heavy atom. The van der Waals surface area contributed by atoms with Crippen LogP contribution in [0.1, 0.15) is 40.5 Å². The van der Waals surface area contributed by atoms with Gasteiger partial charge in [-0.1, -0.05) is 34.1 Å². The number of amides is 1. The van der Waals surface area contributed by atoms with Crippen molar-refractivity contribution in [2.24, 2.45) is 11.1 Å². The van der Waals surface area contributed by atoms with Gasteiger partial charge in [0.1, 0.15) is 0 Å². The highest BCUT2D eigenvalue weighted by Gasteiger charge is 2.45. The monoisotopic (exact) mass is 228 g/mol. The zero-order chi connectivity index (χ0) is 12.6. The summed E-state index contributed by atoms with van der Waals surface area (Å²) in [6.07, 6.45) is 1.69. The fraction of sp³-hybridized carbons (Fsp3) is 0.917. The first-order valence-corrected chi connectivity index (χ1v) is 5.96. The molecule has 4 heteroatoms. The van der Waals surface area contributed by atoms with Crippen molar-refractivity contribution in [2.45, 2.75) is 52.2 Å². The summed E-state index contributed by atoms with van der Waals surface area (Å²) in [6.45, 7) is 8.75. The third-order valence-corrected chi connectivity index (χ3v) is 3.20. The summed E-state index contributed by atoms with van der Waals surface area (Å²) < 4.78 is 0. The molecule has 94 valence electrons. The molecule has 0 aliphatic carbocycles. The van der Waals surface area contributed by atoms with Gasteiger partial charge in [-0.2, -0.15) is 0 Å². The third-order valence-electron chi connectivity index (χ3n) is 3.20. The van der Waals surface area contributed by atoms with Crippen molar-refractivity contribution in [1.29, 1.82) is 0 Å². The lowest BCUT2D eigenvalue weighted by molar-refractivity contribution is -0.160. The van der Waals surface area contributed by atoms with Gasteiger partial charge in [0.05, 0.1) is 24.7 Å². The van der Waals surface area contributed by atoms with Crippen molar-refractivity contribution in [2.75, 3.05) is 13.1 Å². The number of carbonyl (C=O) groups is 1. The molecule has 0 bridgehead atoms. The fourth-order valence-corrected chi connectivity index (χ4v) is 2.01. The van der Waals surface area contributed by atoms with Gasteiger partial charge in [-0.3, -0.25) is 4.79 Å². The molecule has 0 aromatic rings. The maximum Gasteiger partial charge on any atom is 0.240 e. The van der Waals surface area contributed by atoms with E-state index in [2.05, 4.69) is 0 Å².